The summed E-state index contributed by atoms with van der Waals surface area (Å²) in [6.45, 7) is 5.03. The molecule has 1 atom stereocenters. The van der Waals surface area contributed by atoms with Crippen molar-refractivity contribution >= 4 is 27.5 Å². The van der Waals surface area contributed by atoms with Gasteiger partial charge in [0.05, 0.1) is 0 Å². The van der Waals surface area contributed by atoms with Gasteiger partial charge < -0.3 is 9.64 Å². The van der Waals surface area contributed by atoms with Crippen LogP contribution >= 0.6 is 15.9 Å². The van der Waals surface area contributed by atoms with Crippen LogP contribution in [-0.4, -0.2) is 25.2 Å². The van der Waals surface area contributed by atoms with Gasteiger partial charge in [0.15, 0.2) is 0 Å². The highest BCUT2D eigenvalue weighted by atomic mass is 79.9. The first-order chi connectivity index (χ1) is 8.13. The fourth-order valence-electron chi connectivity index (χ4n) is 2.14. The van der Waals surface area contributed by atoms with E-state index in [4.69, 9.17) is 4.74 Å². The number of carbonyl (C=O) groups excluding carboxylic acids is 1. The molecule has 0 spiro atoms. The van der Waals surface area contributed by atoms with Gasteiger partial charge >= 0.3 is 0 Å². The van der Waals surface area contributed by atoms with E-state index in [0.717, 1.165) is 23.1 Å². The van der Waals surface area contributed by atoms with Crippen LogP contribution in [0.4, 0.5) is 5.69 Å². The number of carbonyl (C=O) groups is 1. The molecule has 4 heteroatoms. The lowest BCUT2D eigenvalue weighted by molar-refractivity contribution is -0.128. The van der Waals surface area contributed by atoms with Crippen LogP contribution in [0.3, 0.4) is 0 Å². The maximum Gasteiger partial charge on any atom is 0.255 e. The number of benzene rings is 1. The summed E-state index contributed by atoms with van der Waals surface area (Å²) < 4.78 is 6.41. The van der Waals surface area contributed by atoms with Crippen molar-refractivity contribution in [2.45, 2.75) is 26.4 Å². The zero-order valence-electron chi connectivity index (χ0n) is 10.1. The zero-order chi connectivity index (χ0) is 12.4. The predicted octanol–water partition coefficient (Wildman–Crippen LogP) is 2.76. The Hall–Kier alpha value is -0.870. The van der Waals surface area contributed by atoms with Gasteiger partial charge in [-0.05, 0) is 44.0 Å². The van der Waals surface area contributed by atoms with Crippen molar-refractivity contribution in [2.24, 2.45) is 0 Å². The van der Waals surface area contributed by atoms with Gasteiger partial charge in [-0.3, -0.25) is 4.79 Å². The normalized spacial score (nSPS) is 15.8. The summed E-state index contributed by atoms with van der Waals surface area (Å²) in [5.41, 5.74) is 2.24. The monoisotopic (exact) mass is 297 g/mol. The molecule has 0 saturated heterocycles. The standard InChI is InChI=1S/C13H16BrNO2/c1-3-17-9(2)13(16)15-7-6-10-8-11(14)4-5-12(10)15/h4-5,8-9H,3,6-7H2,1-2H3. The van der Waals surface area contributed by atoms with E-state index in [1.54, 1.807) is 0 Å². The molecule has 2 rings (SSSR count). The smallest absolute Gasteiger partial charge is 0.255 e. The molecule has 1 aliphatic rings. The first-order valence-corrected chi connectivity index (χ1v) is 6.64. The summed E-state index contributed by atoms with van der Waals surface area (Å²) >= 11 is 3.45. The Labute approximate surface area is 110 Å². The fraction of sp³-hybridized carbons (Fsp3) is 0.462. The molecular weight excluding hydrogens is 282 g/mol. The molecule has 0 radical (unpaired) electrons. The first-order valence-electron chi connectivity index (χ1n) is 5.85. The van der Waals surface area contributed by atoms with E-state index in [2.05, 4.69) is 22.0 Å². The van der Waals surface area contributed by atoms with Crippen LogP contribution in [0, 0.1) is 0 Å². The number of hydrogen-bond acceptors (Lipinski definition) is 2. The molecule has 92 valence electrons. The van der Waals surface area contributed by atoms with E-state index in [0.29, 0.717) is 6.61 Å². The molecule has 1 aliphatic heterocycles. The summed E-state index contributed by atoms with van der Waals surface area (Å²) in [6.07, 6.45) is 0.550. The van der Waals surface area contributed by atoms with Crippen molar-refractivity contribution in [2.75, 3.05) is 18.1 Å². The van der Waals surface area contributed by atoms with Gasteiger partial charge in [0.1, 0.15) is 6.10 Å². The van der Waals surface area contributed by atoms with Crippen LogP contribution in [0.15, 0.2) is 22.7 Å². The van der Waals surface area contributed by atoms with Crippen molar-refractivity contribution in [3.8, 4) is 0 Å². The first kappa shape index (κ1) is 12.6. The van der Waals surface area contributed by atoms with Gasteiger partial charge in [-0.2, -0.15) is 0 Å². The second-order valence-corrected chi connectivity index (χ2v) is 5.03. The maximum atomic E-state index is 12.2. The number of amides is 1. The second-order valence-electron chi connectivity index (χ2n) is 4.11. The second kappa shape index (κ2) is 5.19. The van der Waals surface area contributed by atoms with Crippen LogP contribution in [0.5, 0.6) is 0 Å². The van der Waals surface area contributed by atoms with Crippen LogP contribution in [0.1, 0.15) is 19.4 Å². The summed E-state index contributed by atoms with van der Waals surface area (Å²) in [7, 11) is 0. The van der Waals surface area contributed by atoms with Crippen LogP contribution in [0.2, 0.25) is 0 Å². The molecule has 1 unspecified atom stereocenters. The Balaban J connectivity index is 2.19. The summed E-state index contributed by atoms with van der Waals surface area (Å²) in [5, 5.41) is 0. The highest BCUT2D eigenvalue weighted by Crippen LogP contribution is 2.31. The Morgan fingerprint density at radius 3 is 3.06 bits per heavy atom. The molecule has 0 aliphatic carbocycles. The number of nitrogens with zero attached hydrogens (tertiary/aromatic N) is 1. The van der Waals surface area contributed by atoms with E-state index < -0.39 is 0 Å². The molecule has 1 aromatic rings. The highest BCUT2D eigenvalue weighted by molar-refractivity contribution is 9.10. The van der Waals surface area contributed by atoms with Gasteiger partial charge in [0.25, 0.3) is 5.91 Å². The molecule has 0 aromatic heterocycles. The minimum absolute atomic E-state index is 0.0490. The topological polar surface area (TPSA) is 29.5 Å². The van der Waals surface area contributed by atoms with Crippen molar-refractivity contribution < 1.29 is 9.53 Å². The molecular formula is C13H16BrNO2. The third kappa shape index (κ3) is 2.53. The number of hydrogen-bond donors (Lipinski definition) is 0. The molecule has 0 N–H and O–H groups in total. The Kier molecular flexibility index (Phi) is 3.84. The largest absolute Gasteiger partial charge is 0.369 e. The Morgan fingerprint density at radius 1 is 1.59 bits per heavy atom. The number of rotatable bonds is 3. The summed E-state index contributed by atoms with van der Waals surface area (Å²) in [4.78, 5) is 14.0. The highest BCUT2D eigenvalue weighted by Gasteiger charge is 2.28. The van der Waals surface area contributed by atoms with Crippen molar-refractivity contribution in [1.29, 1.82) is 0 Å². The van der Waals surface area contributed by atoms with E-state index >= 15 is 0 Å². The molecule has 1 heterocycles. The maximum absolute atomic E-state index is 12.2. The number of fused-ring (bicyclic) bond motifs is 1. The molecule has 0 bridgehead atoms. The molecule has 1 amide bonds. The molecule has 17 heavy (non-hydrogen) atoms. The van der Waals surface area contributed by atoms with Crippen molar-refractivity contribution in [1.82, 2.24) is 0 Å². The lowest BCUT2D eigenvalue weighted by Crippen LogP contribution is -2.38. The van der Waals surface area contributed by atoms with Gasteiger partial charge in [-0.1, -0.05) is 15.9 Å². The Morgan fingerprint density at radius 2 is 2.35 bits per heavy atom. The molecule has 0 fully saturated rings. The third-order valence-electron chi connectivity index (χ3n) is 2.97. The minimum Gasteiger partial charge on any atom is -0.369 e. The number of ether oxygens (including phenoxy) is 1. The third-order valence-corrected chi connectivity index (χ3v) is 3.46. The van der Waals surface area contributed by atoms with E-state index in [-0.39, 0.29) is 12.0 Å². The fourth-order valence-corrected chi connectivity index (χ4v) is 2.55. The lowest BCUT2D eigenvalue weighted by Gasteiger charge is -2.21. The van der Waals surface area contributed by atoms with E-state index in [1.807, 2.05) is 30.9 Å². The molecule has 3 nitrogen and oxygen atoms in total. The van der Waals surface area contributed by atoms with Crippen LogP contribution in [-0.2, 0) is 16.0 Å². The quantitative estimate of drug-likeness (QED) is 0.859. The zero-order valence-corrected chi connectivity index (χ0v) is 11.7. The lowest BCUT2D eigenvalue weighted by atomic mass is 10.2. The number of halogens is 1. The van der Waals surface area contributed by atoms with Crippen molar-refractivity contribution in [3.63, 3.8) is 0 Å². The average molecular weight is 298 g/mol. The molecule has 0 saturated carbocycles. The SMILES string of the molecule is CCOC(C)C(=O)N1CCc2cc(Br)ccc21. The summed E-state index contributed by atoms with van der Waals surface area (Å²) in [5.74, 6) is 0.0490. The average Bonchev–Trinajstić information content (AvgIpc) is 2.71. The van der Waals surface area contributed by atoms with Gasteiger partial charge in [-0.25, -0.2) is 0 Å². The number of anilines is 1. The van der Waals surface area contributed by atoms with Gasteiger partial charge in [0.2, 0.25) is 0 Å². The van der Waals surface area contributed by atoms with Gasteiger partial charge in [-0.15, -0.1) is 0 Å². The van der Waals surface area contributed by atoms with E-state index in [1.165, 1.54) is 5.56 Å². The van der Waals surface area contributed by atoms with Crippen LogP contribution in [0.25, 0.3) is 0 Å². The van der Waals surface area contributed by atoms with Crippen molar-refractivity contribution in [3.05, 3.63) is 28.2 Å². The summed E-state index contributed by atoms with van der Waals surface area (Å²) in [6, 6.07) is 6.03. The van der Waals surface area contributed by atoms with E-state index in [9.17, 15) is 4.79 Å². The Bertz CT molecular complexity index is 433. The van der Waals surface area contributed by atoms with Crippen LogP contribution < -0.4 is 4.90 Å². The van der Waals surface area contributed by atoms with Gasteiger partial charge in [0, 0.05) is 23.3 Å². The minimum atomic E-state index is -0.366. The predicted molar refractivity (Wildman–Crippen MR) is 71.3 cm³/mol. The molecule has 1 aromatic carbocycles.